The van der Waals surface area contributed by atoms with Crippen molar-refractivity contribution in [2.24, 2.45) is 35.5 Å². The molecule has 0 aromatic rings. The highest BCUT2D eigenvalue weighted by Crippen LogP contribution is 2.54. The molecule has 2 saturated carbocycles. The summed E-state index contributed by atoms with van der Waals surface area (Å²) in [6.45, 7) is 8.71. The highest BCUT2D eigenvalue weighted by atomic mass is 16.6. The van der Waals surface area contributed by atoms with Gasteiger partial charge in [-0.25, -0.2) is 4.79 Å². The maximum absolute atomic E-state index is 13.6. The molecule has 11 nitrogen and oxygen atoms in total. The van der Waals surface area contributed by atoms with Crippen LogP contribution in [0.2, 0.25) is 0 Å². The molecule has 262 valence electrons. The smallest absolute Gasteiger partial charge is 0.333 e. The minimum absolute atomic E-state index is 0.0202. The first kappa shape index (κ1) is 35.9. The standard InChI is InChI=1S/C35H58N2O9/c1-5-19(3)34(43)45-27-15-25-31(42)30-26(41)14-24(18-39)44-33(30)29(21-8-7-9-23(40)13-21)32(25)46-35(27,4)22(17-38)12-20-10-11-28(36-6-2)37-16-20/h5,20-25,27-33,36-40,42H,6-18H2,1-4H3. The lowest BCUT2D eigenvalue weighted by Crippen LogP contribution is -2.70. The topological polar surface area (TPSA) is 167 Å². The number of carbonyl (C=O) groups excluding carboxylic acids is 2. The van der Waals surface area contributed by atoms with Crippen molar-refractivity contribution in [1.29, 1.82) is 0 Å². The lowest BCUT2D eigenvalue weighted by atomic mass is 9.57. The molecule has 2 aliphatic carbocycles. The first-order valence-corrected chi connectivity index (χ1v) is 17.8. The summed E-state index contributed by atoms with van der Waals surface area (Å²) >= 11 is 0. The first-order valence-electron chi connectivity index (χ1n) is 17.8. The zero-order chi connectivity index (χ0) is 33.2. The summed E-state index contributed by atoms with van der Waals surface area (Å²) in [5.41, 5.74) is -0.633. The molecule has 3 heterocycles. The van der Waals surface area contributed by atoms with Crippen molar-refractivity contribution in [3.63, 3.8) is 0 Å². The molecule has 0 spiro atoms. The number of carbonyl (C=O) groups is 2. The highest BCUT2D eigenvalue weighted by molar-refractivity contribution is 5.87. The molecule has 0 radical (unpaired) electrons. The van der Waals surface area contributed by atoms with Crippen LogP contribution in [0.3, 0.4) is 0 Å². The molecular weight excluding hydrogens is 592 g/mol. The maximum atomic E-state index is 13.6. The van der Waals surface area contributed by atoms with Gasteiger partial charge in [-0.3, -0.25) is 4.79 Å². The largest absolute Gasteiger partial charge is 0.456 e. The van der Waals surface area contributed by atoms with Crippen molar-refractivity contribution in [2.75, 3.05) is 26.3 Å². The molecule has 0 bridgehead atoms. The number of esters is 1. The number of piperidine rings is 1. The van der Waals surface area contributed by atoms with Crippen LogP contribution >= 0.6 is 0 Å². The zero-order valence-corrected chi connectivity index (χ0v) is 28.1. The van der Waals surface area contributed by atoms with E-state index < -0.39 is 60.0 Å². The van der Waals surface area contributed by atoms with E-state index in [1.54, 1.807) is 19.9 Å². The summed E-state index contributed by atoms with van der Waals surface area (Å²) in [5, 5.41) is 50.6. The quantitative estimate of drug-likeness (QED) is 0.151. The van der Waals surface area contributed by atoms with Gasteiger partial charge in [0.2, 0.25) is 0 Å². The van der Waals surface area contributed by atoms with Gasteiger partial charge in [-0.2, -0.15) is 0 Å². The van der Waals surface area contributed by atoms with Crippen molar-refractivity contribution in [1.82, 2.24) is 10.6 Å². The van der Waals surface area contributed by atoms with Gasteiger partial charge < -0.3 is 45.3 Å². The van der Waals surface area contributed by atoms with Crippen LogP contribution in [0.15, 0.2) is 11.6 Å². The van der Waals surface area contributed by atoms with Gasteiger partial charge in [-0.1, -0.05) is 19.4 Å². The number of Topliss-reactive ketones (excluding diaryl/α,β-unsaturated/α-hetero) is 1. The second-order valence-corrected chi connectivity index (χ2v) is 14.9. The highest BCUT2D eigenvalue weighted by Gasteiger charge is 2.64. The zero-order valence-electron chi connectivity index (χ0n) is 28.1. The van der Waals surface area contributed by atoms with Crippen LogP contribution in [-0.4, -0.2) is 107 Å². The summed E-state index contributed by atoms with van der Waals surface area (Å²) < 4.78 is 19.8. The molecule has 14 unspecified atom stereocenters. The number of hydrogen-bond acceptors (Lipinski definition) is 11. The molecule has 6 N–H and O–H groups in total. The van der Waals surface area contributed by atoms with Gasteiger partial charge in [0, 0.05) is 36.4 Å². The van der Waals surface area contributed by atoms with Crippen molar-refractivity contribution >= 4 is 11.8 Å². The van der Waals surface area contributed by atoms with Gasteiger partial charge in [-0.15, -0.1) is 0 Å². The molecule has 0 amide bonds. The predicted molar refractivity (Wildman–Crippen MR) is 170 cm³/mol. The third-order valence-electron chi connectivity index (χ3n) is 12.1. The number of hydrogen-bond donors (Lipinski definition) is 6. The fraction of sp³-hybridized carbons (Fsp3) is 0.886. The molecule has 5 rings (SSSR count). The lowest BCUT2D eigenvalue weighted by Gasteiger charge is -2.60. The van der Waals surface area contributed by atoms with Crippen molar-refractivity contribution < 1.29 is 44.2 Å². The third-order valence-corrected chi connectivity index (χ3v) is 12.1. The summed E-state index contributed by atoms with van der Waals surface area (Å²) in [4.78, 5) is 26.8. The molecule has 3 aliphatic heterocycles. The van der Waals surface area contributed by atoms with E-state index in [1.165, 1.54) is 0 Å². The van der Waals surface area contributed by atoms with E-state index in [0.29, 0.717) is 24.8 Å². The van der Waals surface area contributed by atoms with Gasteiger partial charge >= 0.3 is 5.97 Å². The number of nitrogens with one attached hydrogen (secondary N) is 2. The minimum atomic E-state index is -1.09. The monoisotopic (exact) mass is 650 g/mol. The van der Waals surface area contributed by atoms with Gasteiger partial charge in [-0.05, 0) is 90.6 Å². The van der Waals surface area contributed by atoms with Crippen LogP contribution in [0.5, 0.6) is 0 Å². The van der Waals surface area contributed by atoms with E-state index in [1.807, 2.05) is 6.92 Å². The van der Waals surface area contributed by atoms with Crippen LogP contribution in [0.1, 0.15) is 85.5 Å². The Morgan fingerprint density at radius 2 is 1.96 bits per heavy atom. The Morgan fingerprint density at radius 1 is 1.17 bits per heavy atom. The number of ketones is 1. The van der Waals surface area contributed by atoms with Gasteiger partial charge in [0.25, 0.3) is 0 Å². The second kappa shape index (κ2) is 15.4. The average molecular weight is 651 g/mol. The molecule has 5 aliphatic rings. The van der Waals surface area contributed by atoms with E-state index in [2.05, 4.69) is 17.6 Å². The van der Waals surface area contributed by atoms with Crippen LogP contribution in [0, 0.1) is 35.5 Å². The van der Waals surface area contributed by atoms with E-state index in [-0.39, 0.29) is 61.7 Å². The van der Waals surface area contributed by atoms with E-state index in [0.717, 1.165) is 38.8 Å². The third kappa shape index (κ3) is 7.27. The fourth-order valence-corrected chi connectivity index (χ4v) is 9.32. The molecule has 11 heteroatoms. The van der Waals surface area contributed by atoms with Gasteiger partial charge in [0.1, 0.15) is 17.5 Å². The minimum Gasteiger partial charge on any atom is -0.456 e. The molecule has 0 aromatic heterocycles. The van der Waals surface area contributed by atoms with Crippen molar-refractivity contribution in [3.05, 3.63) is 11.6 Å². The van der Waals surface area contributed by atoms with Crippen molar-refractivity contribution in [2.45, 2.75) is 134 Å². The number of allylic oxidation sites excluding steroid dienone is 1. The molecule has 3 saturated heterocycles. The van der Waals surface area contributed by atoms with Crippen LogP contribution in [0.25, 0.3) is 0 Å². The van der Waals surface area contributed by atoms with E-state index >= 15 is 0 Å². The van der Waals surface area contributed by atoms with Crippen molar-refractivity contribution in [3.8, 4) is 0 Å². The van der Waals surface area contributed by atoms with E-state index in [4.69, 9.17) is 14.2 Å². The fourth-order valence-electron chi connectivity index (χ4n) is 9.32. The SMILES string of the molecule is CC=C(C)C(=O)OC1CC2C(O)C3C(=O)CC(CO)OC3C(C3CCCC(O)C3)C2OC1(C)C(CO)CC1CCC(NCC)NC1. The molecule has 46 heavy (non-hydrogen) atoms. The van der Waals surface area contributed by atoms with Crippen LogP contribution < -0.4 is 10.6 Å². The van der Waals surface area contributed by atoms with Gasteiger partial charge in [0.05, 0.1) is 49.2 Å². The molecule has 5 fully saturated rings. The number of fused-ring (bicyclic) bond motifs is 2. The number of ether oxygens (including phenoxy) is 3. The Kier molecular flexibility index (Phi) is 12.0. The molecular formula is C35H58N2O9. The molecule has 14 atom stereocenters. The average Bonchev–Trinajstić information content (AvgIpc) is 3.04. The normalized spacial score (nSPS) is 44.2. The lowest BCUT2D eigenvalue weighted by molar-refractivity contribution is -0.303. The second-order valence-electron chi connectivity index (χ2n) is 14.9. The first-order chi connectivity index (χ1) is 22.0. The Morgan fingerprint density at radius 3 is 2.59 bits per heavy atom. The Bertz CT molecular complexity index is 1080. The summed E-state index contributed by atoms with van der Waals surface area (Å²) in [5.74, 6) is -2.34. The summed E-state index contributed by atoms with van der Waals surface area (Å²) in [6, 6.07) is 0. The number of rotatable bonds is 10. The summed E-state index contributed by atoms with van der Waals surface area (Å²) in [6.07, 6.45) is 3.58. The number of aliphatic hydroxyl groups excluding tert-OH is 4. The van der Waals surface area contributed by atoms with Crippen LogP contribution in [-0.2, 0) is 23.8 Å². The Labute approximate surface area is 273 Å². The van der Waals surface area contributed by atoms with Crippen LogP contribution in [0.4, 0.5) is 0 Å². The summed E-state index contributed by atoms with van der Waals surface area (Å²) in [7, 11) is 0. The Balaban J connectivity index is 1.50. The molecule has 0 aromatic carbocycles. The predicted octanol–water partition coefficient (Wildman–Crippen LogP) is 1.84. The van der Waals surface area contributed by atoms with Gasteiger partial charge in [0.15, 0.2) is 0 Å². The maximum Gasteiger partial charge on any atom is 0.333 e. The Hall–Kier alpha value is -1.44. The number of aliphatic hydroxyl groups is 4. The van der Waals surface area contributed by atoms with E-state index in [9.17, 15) is 30.0 Å².